The van der Waals surface area contributed by atoms with E-state index in [2.05, 4.69) is 4.98 Å². The van der Waals surface area contributed by atoms with Crippen molar-refractivity contribution in [2.24, 2.45) is 0 Å². The van der Waals surface area contributed by atoms with Gasteiger partial charge in [-0.05, 0) is 19.4 Å². The second-order valence-electron chi connectivity index (χ2n) is 4.65. The van der Waals surface area contributed by atoms with Gasteiger partial charge in [0.25, 0.3) is 0 Å². The number of hydrogen-bond acceptors (Lipinski definition) is 6. The number of nitrogen functional groups attached to an aromatic ring is 1. The maximum atomic E-state index is 11.7. The molecule has 7 nitrogen and oxygen atoms in total. The molecule has 0 spiro atoms. The lowest BCUT2D eigenvalue weighted by atomic mass is 9.95. The van der Waals surface area contributed by atoms with Gasteiger partial charge in [-0.25, -0.2) is 4.79 Å². The topological polar surface area (TPSA) is 111 Å². The van der Waals surface area contributed by atoms with Crippen LogP contribution < -0.4 is 11.4 Å². The maximum absolute atomic E-state index is 11.7. The number of aliphatic hydroxyl groups is 2. The summed E-state index contributed by atoms with van der Waals surface area (Å²) in [5.74, 6) is 0.0986. The molecule has 0 aromatic carbocycles. The van der Waals surface area contributed by atoms with Crippen molar-refractivity contribution in [3.05, 3.63) is 22.7 Å². The van der Waals surface area contributed by atoms with Gasteiger partial charge in [0, 0.05) is 6.20 Å². The molecule has 0 amide bonds. The van der Waals surface area contributed by atoms with Crippen molar-refractivity contribution in [3.63, 3.8) is 0 Å². The van der Waals surface area contributed by atoms with E-state index in [-0.39, 0.29) is 5.82 Å². The lowest BCUT2D eigenvalue weighted by Crippen LogP contribution is -2.45. The maximum Gasteiger partial charge on any atom is 0.351 e. The van der Waals surface area contributed by atoms with Crippen LogP contribution in [-0.2, 0) is 4.74 Å². The lowest BCUT2D eigenvalue weighted by Gasteiger charge is -2.27. The first kappa shape index (κ1) is 13.0. The fraction of sp³-hybridized carbons (Fsp3) is 0.636. The van der Waals surface area contributed by atoms with Crippen molar-refractivity contribution in [1.82, 2.24) is 9.55 Å². The van der Waals surface area contributed by atoms with Gasteiger partial charge in [-0.3, -0.25) is 4.57 Å². The summed E-state index contributed by atoms with van der Waals surface area (Å²) in [7, 11) is 0. The molecule has 2 heterocycles. The summed E-state index contributed by atoms with van der Waals surface area (Å²) >= 11 is 0. The summed E-state index contributed by atoms with van der Waals surface area (Å²) < 4.78 is 6.66. The van der Waals surface area contributed by atoms with Gasteiger partial charge in [0.2, 0.25) is 0 Å². The highest BCUT2D eigenvalue weighted by atomic mass is 16.6. The minimum Gasteiger partial charge on any atom is -0.387 e. The molecule has 4 N–H and O–H groups in total. The molecule has 1 fully saturated rings. The molecule has 0 aliphatic carbocycles. The Labute approximate surface area is 104 Å². The van der Waals surface area contributed by atoms with Crippen molar-refractivity contribution < 1.29 is 14.9 Å². The Morgan fingerprint density at radius 3 is 2.83 bits per heavy atom. The van der Waals surface area contributed by atoms with E-state index in [9.17, 15) is 15.0 Å². The summed E-state index contributed by atoms with van der Waals surface area (Å²) in [4.78, 5) is 15.3. The van der Waals surface area contributed by atoms with E-state index < -0.39 is 29.7 Å². The SMILES string of the molecule is CCC1OC(n2ccc(N)nc2=O)C(C)(O)C1O. The van der Waals surface area contributed by atoms with Crippen LogP contribution >= 0.6 is 0 Å². The quantitative estimate of drug-likeness (QED) is 0.641. The number of aliphatic hydroxyl groups excluding tert-OH is 1. The van der Waals surface area contributed by atoms with Crippen LogP contribution in [0, 0.1) is 0 Å². The fourth-order valence-corrected chi connectivity index (χ4v) is 2.17. The first-order chi connectivity index (χ1) is 8.37. The normalized spacial score (nSPS) is 35.9. The predicted octanol–water partition coefficient (Wildman–Crippen LogP) is -0.755. The van der Waals surface area contributed by atoms with Crippen molar-refractivity contribution >= 4 is 5.82 Å². The largest absolute Gasteiger partial charge is 0.387 e. The van der Waals surface area contributed by atoms with Crippen LogP contribution in [0.15, 0.2) is 17.1 Å². The van der Waals surface area contributed by atoms with Crippen molar-refractivity contribution in [1.29, 1.82) is 0 Å². The molecule has 4 unspecified atom stereocenters. The highest BCUT2D eigenvalue weighted by Crippen LogP contribution is 2.38. The molecular formula is C11H17N3O4. The third kappa shape index (κ3) is 1.90. The van der Waals surface area contributed by atoms with E-state index in [4.69, 9.17) is 10.5 Å². The van der Waals surface area contributed by atoms with Crippen molar-refractivity contribution in [3.8, 4) is 0 Å². The molecule has 0 bridgehead atoms. The van der Waals surface area contributed by atoms with Gasteiger partial charge >= 0.3 is 5.69 Å². The second-order valence-corrected chi connectivity index (χ2v) is 4.65. The molecule has 1 aliphatic rings. The fourth-order valence-electron chi connectivity index (χ4n) is 2.17. The van der Waals surface area contributed by atoms with Crippen LogP contribution in [0.1, 0.15) is 26.5 Å². The summed E-state index contributed by atoms with van der Waals surface area (Å²) in [6.07, 6.45) is -0.621. The molecule has 1 saturated heterocycles. The van der Waals surface area contributed by atoms with Gasteiger partial charge < -0.3 is 20.7 Å². The van der Waals surface area contributed by atoms with Crippen LogP contribution in [0.4, 0.5) is 5.82 Å². The van der Waals surface area contributed by atoms with E-state index in [1.165, 1.54) is 19.2 Å². The first-order valence-corrected chi connectivity index (χ1v) is 5.78. The van der Waals surface area contributed by atoms with Crippen LogP contribution in [0.5, 0.6) is 0 Å². The Morgan fingerprint density at radius 1 is 1.67 bits per heavy atom. The summed E-state index contributed by atoms with van der Waals surface area (Å²) in [6, 6.07) is 1.44. The molecule has 100 valence electrons. The highest BCUT2D eigenvalue weighted by Gasteiger charge is 2.52. The molecule has 4 atom stereocenters. The van der Waals surface area contributed by atoms with Crippen LogP contribution in [0.2, 0.25) is 0 Å². The van der Waals surface area contributed by atoms with E-state index in [0.29, 0.717) is 6.42 Å². The molecule has 1 aromatic rings. The predicted molar refractivity (Wildman–Crippen MR) is 63.7 cm³/mol. The van der Waals surface area contributed by atoms with Crippen LogP contribution in [-0.4, -0.2) is 37.6 Å². The Balaban J connectivity index is 2.42. The number of hydrogen-bond donors (Lipinski definition) is 3. The molecule has 1 aromatic heterocycles. The van der Waals surface area contributed by atoms with Gasteiger partial charge in [-0.15, -0.1) is 0 Å². The van der Waals surface area contributed by atoms with E-state index >= 15 is 0 Å². The number of nitrogens with zero attached hydrogens (tertiary/aromatic N) is 2. The van der Waals surface area contributed by atoms with Crippen molar-refractivity contribution in [2.75, 3.05) is 5.73 Å². The van der Waals surface area contributed by atoms with Crippen LogP contribution in [0.3, 0.4) is 0 Å². The zero-order valence-corrected chi connectivity index (χ0v) is 10.3. The summed E-state index contributed by atoms with van der Waals surface area (Å²) in [5, 5.41) is 20.2. The molecule has 1 aliphatic heterocycles. The van der Waals surface area contributed by atoms with Gasteiger partial charge in [-0.2, -0.15) is 4.98 Å². The molecule has 0 radical (unpaired) electrons. The molecule has 0 saturated carbocycles. The van der Waals surface area contributed by atoms with Gasteiger partial charge in [0.05, 0.1) is 6.10 Å². The zero-order valence-electron chi connectivity index (χ0n) is 10.3. The monoisotopic (exact) mass is 255 g/mol. The molecule has 2 rings (SSSR count). The third-order valence-electron chi connectivity index (χ3n) is 3.26. The standard InChI is InChI=1S/C11H17N3O4/c1-3-6-8(15)11(2,17)9(18-6)14-5-4-7(12)13-10(14)16/h4-6,8-9,15,17H,3H2,1-2H3,(H2,12,13,16). The smallest absolute Gasteiger partial charge is 0.351 e. The number of aromatic nitrogens is 2. The highest BCUT2D eigenvalue weighted by molar-refractivity contribution is 5.23. The zero-order chi connectivity index (χ0) is 13.5. The summed E-state index contributed by atoms with van der Waals surface area (Å²) in [6.45, 7) is 3.26. The number of anilines is 1. The van der Waals surface area contributed by atoms with Crippen LogP contribution in [0.25, 0.3) is 0 Å². The average molecular weight is 255 g/mol. The Kier molecular flexibility index (Phi) is 3.14. The van der Waals surface area contributed by atoms with Gasteiger partial charge in [0.1, 0.15) is 17.5 Å². The van der Waals surface area contributed by atoms with Gasteiger partial charge in [0.15, 0.2) is 6.23 Å². The van der Waals surface area contributed by atoms with E-state index in [0.717, 1.165) is 4.57 Å². The minimum atomic E-state index is -1.55. The number of ether oxygens (including phenoxy) is 1. The van der Waals surface area contributed by atoms with E-state index in [1.54, 1.807) is 0 Å². The first-order valence-electron chi connectivity index (χ1n) is 5.78. The minimum absolute atomic E-state index is 0.0986. The Hall–Kier alpha value is -1.44. The van der Waals surface area contributed by atoms with Gasteiger partial charge in [-0.1, -0.05) is 6.92 Å². The molecule has 18 heavy (non-hydrogen) atoms. The number of nitrogens with two attached hydrogens (primary N) is 1. The Bertz CT molecular complexity index is 499. The molecular weight excluding hydrogens is 238 g/mol. The molecule has 7 heteroatoms. The van der Waals surface area contributed by atoms with E-state index in [1.807, 2.05) is 6.92 Å². The summed E-state index contributed by atoms with van der Waals surface area (Å²) in [5.41, 5.74) is 3.22. The van der Waals surface area contributed by atoms with Crippen molar-refractivity contribution in [2.45, 2.75) is 44.3 Å². The number of rotatable bonds is 2. The average Bonchev–Trinajstić information content (AvgIpc) is 2.52. The second kappa shape index (κ2) is 4.34. The third-order valence-corrected chi connectivity index (χ3v) is 3.26. The Morgan fingerprint density at radius 2 is 2.33 bits per heavy atom. The lowest BCUT2D eigenvalue weighted by molar-refractivity contribution is -0.0975.